The Balaban J connectivity index is 4.87. The highest BCUT2D eigenvalue weighted by atomic mass is 16.6. The lowest BCUT2D eigenvalue weighted by molar-refractivity contribution is -0.135. The zero-order valence-corrected chi connectivity index (χ0v) is 24.2. The summed E-state index contributed by atoms with van der Waals surface area (Å²) in [7, 11) is 2.60. The molecular weight excluding hydrogens is 544 g/mol. The summed E-state index contributed by atoms with van der Waals surface area (Å²) in [6.45, 7) is 9.44. The van der Waals surface area contributed by atoms with Crippen molar-refractivity contribution < 1.29 is 44.6 Å². The average Bonchev–Trinajstić information content (AvgIpc) is 2.95. The number of nitrogens with one attached hydrogen (secondary N) is 5. The molecule has 0 saturated heterocycles. The standard InChI is InChI=1S/C24H50N8O9/c1-6-26-19(34)10-29-20(35)12-31(14-23(38)40-4)17(3)9-27-16(2)8-28-21(36)13-32(15-24(39)41-5)22(37)11-30-18(33)7-25/h18,20,22-24,27,29-30,33,35,37-39H,2-3,6-15,25H2,1,4-5H3,(H,26,34)(H,28,36). The summed E-state index contributed by atoms with van der Waals surface area (Å²) >= 11 is 0. The molecule has 5 unspecified atom stereocenters. The van der Waals surface area contributed by atoms with Crippen molar-refractivity contribution in [3.05, 3.63) is 24.6 Å². The summed E-state index contributed by atoms with van der Waals surface area (Å²) < 4.78 is 9.70. The number of aliphatic hydroxyl groups excluding tert-OH is 5. The van der Waals surface area contributed by atoms with E-state index in [-0.39, 0.29) is 64.8 Å². The average molecular weight is 595 g/mol. The van der Waals surface area contributed by atoms with Crippen LogP contribution in [0.3, 0.4) is 0 Å². The van der Waals surface area contributed by atoms with Gasteiger partial charge in [-0.3, -0.25) is 25.1 Å². The Hall–Kier alpha value is -2.42. The van der Waals surface area contributed by atoms with Gasteiger partial charge in [0, 0.05) is 45.2 Å². The van der Waals surface area contributed by atoms with Gasteiger partial charge in [0.2, 0.25) is 11.8 Å². The van der Waals surface area contributed by atoms with Crippen molar-refractivity contribution in [3.8, 4) is 0 Å². The number of nitrogens with zero attached hydrogens (tertiary/aromatic N) is 2. The molecule has 12 N–H and O–H groups in total. The number of hydrogen-bond donors (Lipinski definition) is 11. The van der Waals surface area contributed by atoms with Crippen molar-refractivity contribution in [1.29, 1.82) is 0 Å². The molecule has 0 spiro atoms. The van der Waals surface area contributed by atoms with Gasteiger partial charge < -0.3 is 61.6 Å². The Kier molecular flexibility index (Phi) is 20.9. The van der Waals surface area contributed by atoms with Gasteiger partial charge in [-0.1, -0.05) is 13.2 Å². The fraction of sp³-hybridized carbons (Fsp3) is 0.750. The van der Waals surface area contributed by atoms with Crippen LogP contribution in [0.25, 0.3) is 0 Å². The summed E-state index contributed by atoms with van der Waals surface area (Å²) in [5.41, 5.74) is 6.20. The van der Waals surface area contributed by atoms with Crippen molar-refractivity contribution in [2.24, 2.45) is 5.73 Å². The number of hydrogen-bond acceptors (Lipinski definition) is 15. The van der Waals surface area contributed by atoms with Crippen LogP contribution in [0.15, 0.2) is 24.6 Å². The molecule has 0 heterocycles. The smallest absolute Gasteiger partial charge is 0.234 e. The van der Waals surface area contributed by atoms with Crippen LogP contribution in [0.4, 0.5) is 0 Å². The van der Waals surface area contributed by atoms with Gasteiger partial charge in [-0.25, -0.2) is 0 Å². The Morgan fingerprint density at radius 2 is 1.46 bits per heavy atom. The first-order valence-corrected chi connectivity index (χ1v) is 13.1. The predicted octanol–water partition coefficient (Wildman–Crippen LogP) is -5.52. The highest BCUT2D eigenvalue weighted by Crippen LogP contribution is 2.05. The summed E-state index contributed by atoms with van der Waals surface area (Å²) in [6, 6.07) is 0. The third kappa shape index (κ3) is 18.6. The van der Waals surface area contributed by atoms with Crippen molar-refractivity contribution in [2.45, 2.75) is 38.2 Å². The summed E-state index contributed by atoms with van der Waals surface area (Å²) in [4.78, 5) is 27.0. The molecule has 240 valence electrons. The molecule has 0 aromatic heterocycles. The minimum atomic E-state index is -1.26. The molecule has 5 atom stereocenters. The predicted molar refractivity (Wildman–Crippen MR) is 150 cm³/mol. The zero-order chi connectivity index (χ0) is 31.4. The normalized spacial score (nSPS) is 15.0. The van der Waals surface area contributed by atoms with Gasteiger partial charge in [0.05, 0.1) is 45.8 Å². The van der Waals surface area contributed by atoms with Crippen molar-refractivity contribution in [2.75, 3.05) is 79.7 Å². The highest BCUT2D eigenvalue weighted by molar-refractivity contribution is 5.78. The number of carbonyl (C=O) groups excluding carboxylic acids is 2. The molecule has 0 fully saturated rings. The number of carbonyl (C=O) groups is 2. The second-order valence-corrected chi connectivity index (χ2v) is 9.01. The number of rotatable bonds is 25. The van der Waals surface area contributed by atoms with Gasteiger partial charge in [-0.2, -0.15) is 0 Å². The lowest BCUT2D eigenvalue weighted by Gasteiger charge is -2.31. The number of aliphatic hydroxyl groups is 5. The largest absolute Gasteiger partial charge is 0.382 e. The van der Waals surface area contributed by atoms with Gasteiger partial charge in [0.15, 0.2) is 12.6 Å². The first-order chi connectivity index (χ1) is 19.4. The van der Waals surface area contributed by atoms with E-state index in [1.165, 1.54) is 19.1 Å². The van der Waals surface area contributed by atoms with E-state index in [1.54, 1.807) is 11.8 Å². The quantitative estimate of drug-likeness (QED) is 0.0441. The fourth-order valence-electron chi connectivity index (χ4n) is 3.21. The maximum atomic E-state index is 12.5. The van der Waals surface area contributed by atoms with Crippen molar-refractivity contribution in [1.82, 2.24) is 36.4 Å². The molecule has 0 aliphatic rings. The number of likely N-dealkylation sites (N-methyl/N-ethyl adjacent to an activating group) is 1. The van der Waals surface area contributed by atoms with E-state index < -0.39 is 37.2 Å². The Bertz CT molecular complexity index is 779. The molecule has 41 heavy (non-hydrogen) atoms. The van der Waals surface area contributed by atoms with E-state index in [0.717, 1.165) is 0 Å². The van der Waals surface area contributed by atoms with Crippen LogP contribution in [0, 0.1) is 0 Å². The zero-order valence-electron chi connectivity index (χ0n) is 24.2. The van der Waals surface area contributed by atoms with Crippen LogP contribution >= 0.6 is 0 Å². The van der Waals surface area contributed by atoms with E-state index in [4.69, 9.17) is 15.2 Å². The second kappa shape index (κ2) is 22.2. The van der Waals surface area contributed by atoms with Crippen LogP contribution in [0.2, 0.25) is 0 Å². The molecule has 17 heteroatoms. The minimum absolute atomic E-state index is 0.00774. The SMILES string of the molecule is C=C(CNC(=O)CN(CC(O)OC)C(O)CNC(O)CN)NCC(=C)N(CC(O)NCC(=O)NCC)CC(O)OC. The van der Waals surface area contributed by atoms with E-state index >= 15 is 0 Å². The number of methoxy groups -OCH3 is 2. The van der Waals surface area contributed by atoms with Gasteiger partial charge in [0.1, 0.15) is 18.7 Å². The van der Waals surface area contributed by atoms with E-state index in [9.17, 15) is 35.1 Å². The van der Waals surface area contributed by atoms with Crippen LogP contribution in [0.1, 0.15) is 6.92 Å². The summed E-state index contributed by atoms with van der Waals surface area (Å²) in [6.07, 6.45) is -5.81. The lowest BCUT2D eigenvalue weighted by atomic mass is 10.3. The number of nitrogens with two attached hydrogens (primary N) is 1. The van der Waals surface area contributed by atoms with E-state index in [2.05, 4.69) is 39.7 Å². The Morgan fingerprint density at radius 1 is 0.829 bits per heavy atom. The minimum Gasteiger partial charge on any atom is -0.382 e. The van der Waals surface area contributed by atoms with Crippen LogP contribution in [0.5, 0.6) is 0 Å². The maximum absolute atomic E-state index is 12.5. The molecule has 2 amide bonds. The second-order valence-electron chi connectivity index (χ2n) is 9.01. The molecule has 0 bridgehead atoms. The molecule has 0 rings (SSSR count). The molecule has 0 aliphatic heterocycles. The van der Waals surface area contributed by atoms with E-state index in [1.807, 2.05) is 0 Å². The fourth-order valence-corrected chi connectivity index (χ4v) is 3.21. The van der Waals surface area contributed by atoms with Crippen molar-refractivity contribution in [3.63, 3.8) is 0 Å². The van der Waals surface area contributed by atoms with E-state index in [0.29, 0.717) is 17.9 Å². The van der Waals surface area contributed by atoms with Crippen LogP contribution in [-0.2, 0) is 19.1 Å². The van der Waals surface area contributed by atoms with Crippen LogP contribution in [-0.4, -0.2) is 158 Å². The maximum Gasteiger partial charge on any atom is 0.234 e. The molecule has 0 aliphatic carbocycles. The molecule has 0 radical (unpaired) electrons. The van der Waals surface area contributed by atoms with Gasteiger partial charge in [0.25, 0.3) is 0 Å². The third-order valence-corrected chi connectivity index (χ3v) is 5.59. The number of amides is 2. The molecular formula is C24H50N8O9. The third-order valence-electron chi connectivity index (χ3n) is 5.59. The van der Waals surface area contributed by atoms with Crippen molar-refractivity contribution >= 4 is 11.8 Å². The van der Waals surface area contributed by atoms with Crippen LogP contribution < -0.4 is 32.3 Å². The molecule has 0 saturated carbocycles. The Morgan fingerprint density at radius 3 is 2.05 bits per heavy atom. The monoisotopic (exact) mass is 594 g/mol. The topological polar surface area (TPSA) is 246 Å². The summed E-state index contributed by atoms with van der Waals surface area (Å²) in [5.74, 6) is -0.761. The lowest BCUT2D eigenvalue weighted by Crippen LogP contribution is -2.52. The summed E-state index contributed by atoms with van der Waals surface area (Å²) in [5, 5.41) is 63.5. The molecule has 17 nitrogen and oxygen atoms in total. The first-order valence-electron chi connectivity index (χ1n) is 13.1. The highest BCUT2D eigenvalue weighted by Gasteiger charge is 2.23. The number of ether oxygens (including phenoxy) is 2. The van der Waals surface area contributed by atoms with Gasteiger partial charge >= 0.3 is 0 Å². The Labute approximate surface area is 241 Å². The van der Waals surface area contributed by atoms with Gasteiger partial charge in [-0.05, 0) is 6.92 Å². The van der Waals surface area contributed by atoms with Gasteiger partial charge in [-0.15, -0.1) is 0 Å². The first kappa shape index (κ1) is 38.6. The molecule has 0 aromatic carbocycles. The molecule has 0 aromatic rings.